The van der Waals surface area contributed by atoms with Crippen molar-refractivity contribution in [1.29, 1.82) is 0 Å². The van der Waals surface area contributed by atoms with Gasteiger partial charge in [-0.15, -0.1) is 0 Å². The molecule has 1 aromatic heterocycles. The smallest absolute Gasteiger partial charge is 0.181 e. The van der Waals surface area contributed by atoms with Gasteiger partial charge in [0.2, 0.25) is 0 Å². The van der Waals surface area contributed by atoms with E-state index in [0.717, 1.165) is 17.2 Å². The molecule has 1 aliphatic carbocycles. The molecule has 1 aromatic rings. The van der Waals surface area contributed by atoms with Gasteiger partial charge in [0, 0.05) is 12.5 Å². The summed E-state index contributed by atoms with van der Waals surface area (Å²) >= 11 is 0. The van der Waals surface area contributed by atoms with E-state index in [4.69, 9.17) is 9.52 Å². The molecule has 0 aliphatic heterocycles. The second-order valence-electron chi connectivity index (χ2n) is 2.65. The molecule has 0 fully saturated rings. The molecular weight excluding hydrogens is 142 g/mol. The van der Waals surface area contributed by atoms with Crippen molar-refractivity contribution in [3.63, 3.8) is 0 Å². The van der Waals surface area contributed by atoms with Crippen LogP contribution in [0.1, 0.15) is 6.42 Å². The van der Waals surface area contributed by atoms with Gasteiger partial charge in [-0.1, -0.05) is 0 Å². The number of hydrogen-bond donors (Lipinski definition) is 1. The van der Waals surface area contributed by atoms with Gasteiger partial charge >= 0.3 is 0 Å². The van der Waals surface area contributed by atoms with Crippen LogP contribution in [0.3, 0.4) is 0 Å². The Kier molecular flexibility index (Phi) is 1.51. The number of hydrogen-bond acceptors (Lipinski definition) is 3. The molecule has 0 aromatic carbocycles. The maximum atomic E-state index is 8.84. The molecule has 58 valence electrons. The number of rotatable bonds is 1. The van der Waals surface area contributed by atoms with E-state index in [1.54, 1.807) is 0 Å². The zero-order valence-corrected chi connectivity index (χ0v) is 6.03. The Morgan fingerprint density at radius 2 is 2.64 bits per heavy atom. The first-order valence-corrected chi connectivity index (χ1v) is 3.62. The van der Waals surface area contributed by atoms with Gasteiger partial charge in [-0.2, -0.15) is 0 Å². The van der Waals surface area contributed by atoms with E-state index in [-0.39, 0.29) is 12.5 Å². The molecule has 3 heteroatoms. The molecule has 0 radical (unpaired) electrons. The monoisotopic (exact) mass is 151 g/mol. The number of nitrogens with zero attached hydrogens (tertiary/aromatic N) is 1. The third-order valence-electron chi connectivity index (χ3n) is 1.86. The van der Waals surface area contributed by atoms with Gasteiger partial charge < -0.3 is 9.52 Å². The Bertz CT molecular complexity index is 352. The van der Waals surface area contributed by atoms with Crippen LogP contribution in [0.15, 0.2) is 10.8 Å². The fourth-order valence-electron chi connectivity index (χ4n) is 1.22. The van der Waals surface area contributed by atoms with E-state index in [9.17, 15) is 0 Å². The summed E-state index contributed by atoms with van der Waals surface area (Å²) in [7, 11) is 0. The highest BCUT2D eigenvalue weighted by molar-refractivity contribution is 5.35. The summed E-state index contributed by atoms with van der Waals surface area (Å²) in [6, 6.07) is 0. The molecule has 1 unspecified atom stereocenters. The van der Waals surface area contributed by atoms with E-state index in [1.165, 1.54) is 6.39 Å². The summed E-state index contributed by atoms with van der Waals surface area (Å²) in [6.07, 6.45) is 6.18. The largest absolute Gasteiger partial charge is 0.444 e. The van der Waals surface area contributed by atoms with Crippen molar-refractivity contribution in [2.75, 3.05) is 6.61 Å². The Hall–Kier alpha value is -1.09. The van der Waals surface area contributed by atoms with Crippen LogP contribution in [0, 0.1) is 5.92 Å². The van der Waals surface area contributed by atoms with Crippen molar-refractivity contribution in [3.8, 4) is 0 Å². The summed E-state index contributed by atoms with van der Waals surface area (Å²) < 4.78 is 5.07. The molecular formula is C8H9NO2. The number of aromatic nitrogens is 1. The van der Waals surface area contributed by atoms with Crippen molar-refractivity contribution < 1.29 is 9.52 Å². The summed E-state index contributed by atoms with van der Waals surface area (Å²) in [4.78, 5) is 3.99. The first-order chi connectivity index (χ1) is 5.40. The molecule has 2 rings (SSSR count). The van der Waals surface area contributed by atoms with E-state index in [0.29, 0.717) is 0 Å². The molecule has 11 heavy (non-hydrogen) atoms. The highest BCUT2D eigenvalue weighted by Gasteiger charge is 2.07. The van der Waals surface area contributed by atoms with Crippen LogP contribution in [0.4, 0.5) is 0 Å². The highest BCUT2D eigenvalue weighted by Crippen LogP contribution is 2.05. The summed E-state index contributed by atoms with van der Waals surface area (Å²) in [5, 5.41) is 9.70. The van der Waals surface area contributed by atoms with E-state index in [2.05, 4.69) is 4.98 Å². The van der Waals surface area contributed by atoms with Crippen LogP contribution in [0.2, 0.25) is 0 Å². The average Bonchev–Trinajstić information content (AvgIpc) is 2.50. The van der Waals surface area contributed by atoms with Crippen LogP contribution < -0.4 is 10.8 Å². The minimum Gasteiger partial charge on any atom is -0.444 e. The predicted molar refractivity (Wildman–Crippen MR) is 39.9 cm³/mol. The maximum absolute atomic E-state index is 8.84. The van der Waals surface area contributed by atoms with E-state index < -0.39 is 0 Å². The first-order valence-electron chi connectivity index (χ1n) is 3.62. The topological polar surface area (TPSA) is 46.3 Å². The molecule has 0 bridgehead atoms. The van der Waals surface area contributed by atoms with E-state index >= 15 is 0 Å². The summed E-state index contributed by atoms with van der Waals surface area (Å²) in [5.74, 6) is 0.215. The molecule has 1 aliphatic rings. The Morgan fingerprint density at radius 3 is 3.45 bits per heavy atom. The molecule has 1 atom stereocenters. The van der Waals surface area contributed by atoms with Gasteiger partial charge in [-0.3, -0.25) is 0 Å². The van der Waals surface area contributed by atoms with Crippen molar-refractivity contribution >= 4 is 12.2 Å². The highest BCUT2D eigenvalue weighted by atomic mass is 16.3. The third-order valence-corrected chi connectivity index (χ3v) is 1.86. The maximum Gasteiger partial charge on any atom is 0.181 e. The number of oxazole rings is 1. The lowest BCUT2D eigenvalue weighted by molar-refractivity contribution is 0.261. The first kappa shape index (κ1) is 6.61. The lowest BCUT2D eigenvalue weighted by atomic mass is 10.0. The number of aliphatic hydroxyl groups is 1. The molecule has 0 saturated heterocycles. The normalized spacial score (nSPS) is 21.7. The fraction of sp³-hybridized carbons (Fsp3) is 0.375. The van der Waals surface area contributed by atoms with Crippen LogP contribution in [-0.2, 0) is 0 Å². The van der Waals surface area contributed by atoms with Crippen molar-refractivity contribution in [2.24, 2.45) is 5.92 Å². The number of fused-ring (bicyclic) bond motifs is 1. The van der Waals surface area contributed by atoms with Gasteiger partial charge in [-0.25, -0.2) is 4.98 Å². The predicted octanol–water partition coefficient (Wildman–Crippen LogP) is -0.752. The van der Waals surface area contributed by atoms with E-state index in [1.807, 2.05) is 12.2 Å². The SMILES string of the molecule is OCC1C=c2ncoc2=CC1. The average molecular weight is 151 g/mol. The lowest BCUT2D eigenvalue weighted by Crippen LogP contribution is -2.28. The fourth-order valence-corrected chi connectivity index (χ4v) is 1.22. The third kappa shape index (κ3) is 1.07. The standard InChI is InChI=1S/C8H9NO2/c10-4-6-1-2-8-7(3-6)9-5-11-8/h2-3,5-6,10H,1,4H2. The molecule has 0 saturated carbocycles. The lowest BCUT2D eigenvalue weighted by Gasteiger charge is -2.05. The van der Waals surface area contributed by atoms with Crippen molar-refractivity contribution in [1.82, 2.24) is 4.98 Å². The molecule has 0 amide bonds. The zero-order chi connectivity index (χ0) is 7.68. The Balaban J connectivity index is 2.53. The Morgan fingerprint density at radius 1 is 1.73 bits per heavy atom. The minimum atomic E-state index is 0.183. The summed E-state index contributed by atoms with van der Waals surface area (Å²) in [5.41, 5.74) is 0.828. The second kappa shape index (κ2) is 2.51. The molecule has 3 nitrogen and oxygen atoms in total. The van der Waals surface area contributed by atoms with Crippen LogP contribution >= 0.6 is 0 Å². The molecule has 1 N–H and O–H groups in total. The van der Waals surface area contributed by atoms with Crippen molar-refractivity contribution in [3.05, 3.63) is 17.2 Å². The molecule has 1 heterocycles. The second-order valence-corrected chi connectivity index (χ2v) is 2.65. The molecule has 0 spiro atoms. The Labute approximate surface area is 63.7 Å². The zero-order valence-electron chi connectivity index (χ0n) is 6.03. The van der Waals surface area contributed by atoms with Crippen molar-refractivity contribution in [2.45, 2.75) is 6.42 Å². The van der Waals surface area contributed by atoms with Gasteiger partial charge in [0.05, 0.1) is 0 Å². The van der Waals surface area contributed by atoms with Gasteiger partial charge in [0.25, 0.3) is 0 Å². The van der Waals surface area contributed by atoms with Crippen LogP contribution in [0.5, 0.6) is 0 Å². The number of aliphatic hydroxyl groups excluding tert-OH is 1. The minimum absolute atomic E-state index is 0.183. The van der Waals surface area contributed by atoms with Gasteiger partial charge in [-0.05, 0) is 18.6 Å². The quantitative estimate of drug-likeness (QED) is 0.574. The van der Waals surface area contributed by atoms with Crippen LogP contribution in [0.25, 0.3) is 12.2 Å². The van der Waals surface area contributed by atoms with Gasteiger partial charge in [0.15, 0.2) is 6.39 Å². The summed E-state index contributed by atoms with van der Waals surface area (Å²) in [6.45, 7) is 0.183. The van der Waals surface area contributed by atoms with Crippen LogP contribution in [-0.4, -0.2) is 16.7 Å². The van der Waals surface area contributed by atoms with Gasteiger partial charge in [0.1, 0.15) is 10.8 Å².